The molecule has 0 saturated carbocycles. The number of phosphoric acid groups is 1. The fourth-order valence-corrected chi connectivity index (χ4v) is 1.00. The highest BCUT2D eigenvalue weighted by Crippen LogP contribution is 2.25. The summed E-state index contributed by atoms with van der Waals surface area (Å²) >= 11 is 0. The van der Waals surface area contributed by atoms with E-state index in [0.717, 1.165) is 11.5 Å². The largest absolute Gasteiger partial charge is 0.480 e. The lowest BCUT2D eigenvalue weighted by Crippen LogP contribution is -2.32. The molecule has 0 spiro atoms. The Labute approximate surface area is 79.6 Å². The standard InChI is InChI=1S/C5H9NO3.H3O4P/c7-5(8)4-2-1-3-6(4)9;1-5(2,3)4/h4,9H,1-3H2,(H,7,8);(H3,1,2,3,4). The van der Waals surface area contributed by atoms with Gasteiger partial charge in [-0.15, -0.1) is 0 Å². The highest BCUT2D eigenvalue weighted by Gasteiger charge is 2.28. The number of carboxylic acid groups (broad SMARTS) is 1. The van der Waals surface area contributed by atoms with Crippen molar-refractivity contribution in [3.05, 3.63) is 0 Å². The van der Waals surface area contributed by atoms with Crippen molar-refractivity contribution < 1.29 is 34.4 Å². The van der Waals surface area contributed by atoms with E-state index in [2.05, 4.69) is 0 Å². The minimum Gasteiger partial charge on any atom is -0.480 e. The number of hydrogen-bond donors (Lipinski definition) is 5. The molecule has 14 heavy (non-hydrogen) atoms. The molecule has 0 aliphatic carbocycles. The Morgan fingerprint density at radius 1 is 1.36 bits per heavy atom. The molecule has 0 radical (unpaired) electrons. The Hall–Kier alpha value is -0.500. The highest BCUT2D eigenvalue weighted by molar-refractivity contribution is 7.45. The number of hydroxylamine groups is 2. The minimum atomic E-state index is -4.64. The highest BCUT2D eigenvalue weighted by atomic mass is 31.2. The van der Waals surface area contributed by atoms with Crippen LogP contribution in [0.3, 0.4) is 0 Å². The molecule has 84 valence electrons. The summed E-state index contributed by atoms with van der Waals surface area (Å²) in [6, 6.07) is -0.662. The van der Waals surface area contributed by atoms with E-state index < -0.39 is 19.8 Å². The first-order valence-electron chi connectivity index (χ1n) is 3.68. The van der Waals surface area contributed by atoms with Crippen LogP contribution in [0.15, 0.2) is 0 Å². The van der Waals surface area contributed by atoms with Gasteiger partial charge in [0, 0.05) is 6.54 Å². The van der Waals surface area contributed by atoms with Crippen LogP contribution in [0, 0.1) is 0 Å². The summed E-state index contributed by atoms with van der Waals surface area (Å²) in [6.45, 7) is 0.483. The molecule has 9 heteroatoms. The molecule has 1 saturated heterocycles. The molecular weight excluding hydrogens is 217 g/mol. The van der Waals surface area contributed by atoms with Crippen LogP contribution in [-0.2, 0) is 9.36 Å². The van der Waals surface area contributed by atoms with Gasteiger partial charge in [0.15, 0.2) is 0 Å². The van der Waals surface area contributed by atoms with Crippen LogP contribution in [0.1, 0.15) is 12.8 Å². The maximum absolute atomic E-state index is 10.2. The SMILES string of the molecule is O=C(O)C1CCCN1O.O=P(O)(O)O. The summed E-state index contributed by atoms with van der Waals surface area (Å²) in [6.07, 6.45) is 1.33. The predicted molar refractivity (Wildman–Crippen MR) is 43.4 cm³/mol. The van der Waals surface area contributed by atoms with Crippen molar-refractivity contribution in [2.45, 2.75) is 18.9 Å². The molecule has 1 rings (SSSR count). The average molecular weight is 229 g/mol. The zero-order chi connectivity index (χ0) is 11.4. The molecule has 0 bridgehead atoms. The van der Waals surface area contributed by atoms with E-state index in [1.54, 1.807) is 0 Å². The molecule has 1 atom stereocenters. The molecule has 0 aromatic rings. The van der Waals surface area contributed by atoms with E-state index in [1.807, 2.05) is 0 Å². The Morgan fingerprint density at radius 2 is 1.79 bits per heavy atom. The second-order valence-electron chi connectivity index (χ2n) is 2.67. The van der Waals surface area contributed by atoms with Gasteiger partial charge in [-0.25, -0.2) is 4.57 Å². The molecule has 0 aromatic carbocycles. The van der Waals surface area contributed by atoms with Crippen molar-refractivity contribution in [2.24, 2.45) is 0 Å². The van der Waals surface area contributed by atoms with Crippen molar-refractivity contribution in [1.82, 2.24) is 5.06 Å². The number of carbonyl (C=O) groups is 1. The van der Waals surface area contributed by atoms with E-state index in [0.29, 0.717) is 13.0 Å². The monoisotopic (exact) mass is 229 g/mol. The summed E-state index contributed by atoms with van der Waals surface area (Å²) in [5.74, 6) is -0.935. The summed E-state index contributed by atoms with van der Waals surface area (Å²) in [5, 5.41) is 18.1. The molecule has 0 amide bonds. The van der Waals surface area contributed by atoms with Crippen LogP contribution in [0.2, 0.25) is 0 Å². The van der Waals surface area contributed by atoms with Gasteiger partial charge in [-0.05, 0) is 12.8 Å². The van der Waals surface area contributed by atoms with Crippen molar-refractivity contribution in [3.63, 3.8) is 0 Å². The number of hydrogen-bond acceptors (Lipinski definition) is 4. The topological polar surface area (TPSA) is 139 Å². The smallest absolute Gasteiger partial charge is 0.466 e. The van der Waals surface area contributed by atoms with Gasteiger partial charge < -0.3 is 25.0 Å². The van der Waals surface area contributed by atoms with Gasteiger partial charge in [-0.1, -0.05) is 0 Å². The van der Waals surface area contributed by atoms with Crippen molar-refractivity contribution in [2.75, 3.05) is 6.54 Å². The van der Waals surface area contributed by atoms with Crippen LogP contribution in [0.25, 0.3) is 0 Å². The lowest BCUT2D eigenvalue weighted by molar-refractivity contribution is -0.160. The third kappa shape index (κ3) is 6.96. The Bertz CT molecular complexity index is 230. The van der Waals surface area contributed by atoms with E-state index in [9.17, 15) is 4.79 Å². The van der Waals surface area contributed by atoms with Gasteiger partial charge in [0.05, 0.1) is 0 Å². The van der Waals surface area contributed by atoms with Crippen LogP contribution >= 0.6 is 7.82 Å². The number of carboxylic acids is 1. The van der Waals surface area contributed by atoms with Crippen molar-refractivity contribution in [3.8, 4) is 0 Å². The van der Waals surface area contributed by atoms with E-state index >= 15 is 0 Å². The first-order valence-corrected chi connectivity index (χ1v) is 5.25. The van der Waals surface area contributed by atoms with E-state index in [4.69, 9.17) is 29.6 Å². The lowest BCUT2D eigenvalue weighted by atomic mass is 10.2. The summed E-state index contributed by atoms with van der Waals surface area (Å²) in [5.41, 5.74) is 0. The van der Waals surface area contributed by atoms with Gasteiger partial charge in [0.1, 0.15) is 6.04 Å². The zero-order valence-corrected chi connectivity index (χ0v) is 8.04. The van der Waals surface area contributed by atoms with Crippen LogP contribution in [0.4, 0.5) is 0 Å². The van der Waals surface area contributed by atoms with Gasteiger partial charge in [0.2, 0.25) is 0 Å². The van der Waals surface area contributed by atoms with Crippen LogP contribution in [-0.4, -0.2) is 48.6 Å². The van der Waals surface area contributed by atoms with Gasteiger partial charge in [-0.2, -0.15) is 5.06 Å². The molecular formula is C5H12NO7P. The van der Waals surface area contributed by atoms with Crippen molar-refractivity contribution >= 4 is 13.8 Å². The number of aliphatic carboxylic acids is 1. The van der Waals surface area contributed by atoms with Gasteiger partial charge >= 0.3 is 13.8 Å². The molecule has 0 aromatic heterocycles. The second-order valence-corrected chi connectivity index (χ2v) is 3.70. The summed E-state index contributed by atoms with van der Waals surface area (Å²) in [7, 11) is -4.64. The first kappa shape index (κ1) is 13.5. The molecule has 1 heterocycles. The lowest BCUT2D eigenvalue weighted by Gasteiger charge is -2.11. The average Bonchev–Trinajstić information content (AvgIpc) is 2.30. The maximum Gasteiger partial charge on any atom is 0.466 e. The Kier molecular flexibility index (Phi) is 5.21. The van der Waals surface area contributed by atoms with Gasteiger partial charge in [-0.3, -0.25) is 4.79 Å². The molecule has 5 N–H and O–H groups in total. The third-order valence-corrected chi connectivity index (χ3v) is 1.51. The van der Waals surface area contributed by atoms with Crippen LogP contribution in [0.5, 0.6) is 0 Å². The van der Waals surface area contributed by atoms with E-state index in [-0.39, 0.29) is 0 Å². The summed E-state index contributed by atoms with van der Waals surface area (Å²) < 4.78 is 8.88. The molecule has 1 aliphatic rings. The first-order chi connectivity index (χ1) is 6.22. The summed E-state index contributed by atoms with van der Waals surface area (Å²) in [4.78, 5) is 31.8. The Morgan fingerprint density at radius 3 is 1.93 bits per heavy atom. The molecule has 1 fully saturated rings. The van der Waals surface area contributed by atoms with Crippen molar-refractivity contribution in [1.29, 1.82) is 0 Å². The van der Waals surface area contributed by atoms with E-state index in [1.165, 1.54) is 0 Å². The maximum atomic E-state index is 10.2. The third-order valence-electron chi connectivity index (χ3n) is 1.51. The molecule has 8 nitrogen and oxygen atoms in total. The van der Waals surface area contributed by atoms with Gasteiger partial charge in [0.25, 0.3) is 0 Å². The normalized spacial score (nSPS) is 22.7. The Balaban J connectivity index is 0.000000292. The quantitative estimate of drug-likeness (QED) is 0.360. The predicted octanol–water partition coefficient (Wildman–Crippen LogP) is -1.00. The number of nitrogens with zero attached hydrogens (tertiary/aromatic N) is 1. The number of rotatable bonds is 1. The fraction of sp³-hybridized carbons (Fsp3) is 0.800. The zero-order valence-electron chi connectivity index (χ0n) is 7.15. The minimum absolute atomic E-state index is 0.483. The van der Waals surface area contributed by atoms with Crippen LogP contribution < -0.4 is 0 Å². The second kappa shape index (κ2) is 5.40. The molecule has 1 unspecified atom stereocenters. The fourth-order valence-electron chi connectivity index (χ4n) is 1.00. The molecule has 1 aliphatic heterocycles.